The Bertz CT molecular complexity index is 1330. The van der Waals surface area contributed by atoms with Gasteiger partial charge in [-0.2, -0.15) is 0 Å². The lowest BCUT2D eigenvalue weighted by molar-refractivity contribution is 0.0139. The Morgan fingerprint density at radius 2 is 1.57 bits per heavy atom. The lowest BCUT2D eigenvalue weighted by Gasteiger charge is -2.39. The van der Waals surface area contributed by atoms with Crippen molar-refractivity contribution in [2.24, 2.45) is 0 Å². The van der Waals surface area contributed by atoms with E-state index >= 15 is 0 Å². The molecule has 0 unspecified atom stereocenters. The number of nitrogens with zero attached hydrogens (tertiary/aromatic N) is 2. The monoisotopic (exact) mass is 523 g/mol. The number of nitrogens with one attached hydrogen (secondary N) is 1. The molecule has 0 spiro atoms. The van der Waals surface area contributed by atoms with Crippen molar-refractivity contribution < 1.29 is 31.2 Å². The molecule has 1 N–H and O–H groups in total. The van der Waals surface area contributed by atoms with E-state index < -0.39 is 42.7 Å². The van der Waals surface area contributed by atoms with E-state index in [1.165, 1.54) is 48.3 Å². The maximum Gasteiger partial charge on any atom is 0.410 e. The van der Waals surface area contributed by atoms with Gasteiger partial charge in [0.05, 0.1) is 22.4 Å². The summed E-state index contributed by atoms with van der Waals surface area (Å²) in [4.78, 5) is 26.3. The number of likely N-dealkylation sites (tertiary alicyclic amines) is 1. The number of sulfone groups is 1. The number of hydrogen-bond donors (Lipinski definition) is 1. The van der Waals surface area contributed by atoms with Crippen LogP contribution in [0.15, 0.2) is 53.4 Å². The number of anilines is 2. The van der Waals surface area contributed by atoms with Gasteiger partial charge in [0.15, 0.2) is 9.84 Å². The van der Waals surface area contributed by atoms with Crippen molar-refractivity contribution >= 4 is 43.2 Å². The molecule has 35 heavy (non-hydrogen) atoms. The van der Waals surface area contributed by atoms with Crippen LogP contribution in [0, 0.1) is 0 Å². The first kappa shape index (κ1) is 26.5. The molecular formula is C23H29N3O7S2. The predicted molar refractivity (Wildman–Crippen MR) is 133 cm³/mol. The minimum Gasteiger partial charge on any atom is -0.444 e. The van der Waals surface area contributed by atoms with E-state index in [0.29, 0.717) is 5.69 Å². The molecule has 10 nitrogen and oxygen atoms in total. The molecule has 2 aromatic carbocycles. The van der Waals surface area contributed by atoms with Crippen LogP contribution in [-0.2, 0) is 24.6 Å². The average Bonchev–Trinajstić information content (AvgIpc) is 2.70. The fraction of sp³-hybridized carbons (Fsp3) is 0.391. The maximum atomic E-state index is 12.9. The quantitative estimate of drug-likeness (QED) is 0.616. The summed E-state index contributed by atoms with van der Waals surface area (Å²) >= 11 is 0. The SMILES string of the molecule is CN(c1ccccc1C(=O)Nc1ccc(S(=O)(=O)C2CN(C(=O)OC(C)(C)C)C2)cc1)S(C)(=O)=O. The van der Waals surface area contributed by atoms with Crippen LogP contribution >= 0.6 is 0 Å². The summed E-state index contributed by atoms with van der Waals surface area (Å²) in [5, 5.41) is 1.92. The molecule has 0 radical (unpaired) electrons. The average molecular weight is 524 g/mol. The number of para-hydroxylation sites is 1. The summed E-state index contributed by atoms with van der Waals surface area (Å²) in [6.45, 7) is 5.30. The molecule has 1 aliphatic rings. The zero-order valence-electron chi connectivity index (χ0n) is 20.2. The smallest absolute Gasteiger partial charge is 0.410 e. The van der Waals surface area contributed by atoms with E-state index in [1.54, 1.807) is 32.9 Å². The molecule has 0 bridgehead atoms. The van der Waals surface area contributed by atoms with Crippen LogP contribution in [0.25, 0.3) is 0 Å². The van der Waals surface area contributed by atoms with Crippen LogP contribution in [0.5, 0.6) is 0 Å². The highest BCUT2D eigenvalue weighted by atomic mass is 32.2. The Morgan fingerprint density at radius 1 is 1.00 bits per heavy atom. The number of carbonyl (C=O) groups is 2. The summed E-state index contributed by atoms with van der Waals surface area (Å²) in [5.74, 6) is -0.543. The Labute approximate surface area is 205 Å². The minimum atomic E-state index is -3.68. The number of amides is 2. The van der Waals surface area contributed by atoms with Gasteiger partial charge in [0, 0.05) is 25.8 Å². The van der Waals surface area contributed by atoms with Gasteiger partial charge in [0.1, 0.15) is 10.9 Å². The van der Waals surface area contributed by atoms with Gasteiger partial charge >= 0.3 is 6.09 Å². The van der Waals surface area contributed by atoms with Crippen LogP contribution in [0.3, 0.4) is 0 Å². The zero-order chi connectivity index (χ0) is 26.2. The number of rotatable bonds is 6. The van der Waals surface area contributed by atoms with Crippen LogP contribution in [-0.4, -0.2) is 71.0 Å². The van der Waals surface area contributed by atoms with Crippen molar-refractivity contribution in [2.45, 2.75) is 36.5 Å². The zero-order valence-corrected chi connectivity index (χ0v) is 21.8. The Kier molecular flexibility index (Phi) is 7.19. The van der Waals surface area contributed by atoms with Crippen molar-refractivity contribution in [1.82, 2.24) is 4.90 Å². The first-order valence-corrected chi connectivity index (χ1v) is 14.2. The van der Waals surface area contributed by atoms with E-state index in [4.69, 9.17) is 4.74 Å². The van der Waals surface area contributed by atoms with Crippen LogP contribution in [0.4, 0.5) is 16.2 Å². The first-order chi connectivity index (χ1) is 16.1. The second-order valence-electron chi connectivity index (χ2n) is 9.28. The highest BCUT2D eigenvalue weighted by molar-refractivity contribution is 7.92. The van der Waals surface area contributed by atoms with Crippen molar-refractivity contribution in [3.8, 4) is 0 Å². The first-order valence-electron chi connectivity index (χ1n) is 10.8. The normalized spacial score (nSPS) is 14.7. The summed E-state index contributed by atoms with van der Waals surface area (Å²) in [6, 6.07) is 11.9. The molecule has 1 saturated heterocycles. The summed E-state index contributed by atoms with van der Waals surface area (Å²) < 4.78 is 55.9. The van der Waals surface area contributed by atoms with Gasteiger partial charge in [0.2, 0.25) is 10.0 Å². The molecule has 0 aromatic heterocycles. The van der Waals surface area contributed by atoms with Crippen molar-refractivity contribution in [1.29, 1.82) is 0 Å². The van der Waals surface area contributed by atoms with Gasteiger partial charge in [-0.15, -0.1) is 0 Å². The fourth-order valence-electron chi connectivity index (χ4n) is 3.35. The highest BCUT2D eigenvalue weighted by Gasteiger charge is 2.42. The number of sulfonamides is 1. The molecule has 0 saturated carbocycles. The highest BCUT2D eigenvalue weighted by Crippen LogP contribution is 2.27. The Hall–Kier alpha value is -3.12. The predicted octanol–water partition coefficient (Wildman–Crippen LogP) is 2.73. The molecule has 2 amide bonds. The summed E-state index contributed by atoms with van der Waals surface area (Å²) in [6.07, 6.45) is 0.485. The van der Waals surface area contributed by atoms with Crippen LogP contribution in [0.2, 0.25) is 0 Å². The molecule has 1 fully saturated rings. The third-order valence-electron chi connectivity index (χ3n) is 5.36. The van der Waals surface area contributed by atoms with Gasteiger partial charge in [-0.3, -0.25) is 9.10 Å². The van der Waals surface area contributed by atoms with Gasteiger partial charge in [-0.05, 0) is 57.2 Å². The standard InChI is InChI=1S/C23H29N3O7S2/c1-23(2,3)33-22(28)26-14-18(15-26)35(31,32)17-12-10-16(11-13-17)24-21(27)19-8-6-7-9-20(19)25(4)34(5,29)30/h6-13,18H,14-15H2,1-5H3,(H,24,27). The molecular weight excluding hydrogens is 494 g/mol. The van der Waals surface area contributed by atoms with Crippen LogP contribution in [0.1, 0.15) is 31.1 Å². The number of ether oxygens (including phenoxy) is 1. The second kappa shape index (κ2) is 9.50. The van der Waals surface area contributed by atoms with Crippen molar-refractivity contribution in [3.05, 3.63) is 54.1 Å². The van der Waals surface area contributed by atoms with E-state index in [1.807, 2.05) is 0 Å². The number of hydrogen-bond acceptors (Lipinski definition) is 7. The third kappa shape index (κ3) is 6.12. The fourth-order valence-corrected chi connectivity index (χ4v) is 5.52. The summed E-state index contributed by atoms with van der Waals surface area (Å²) in [5.41, 5.74) is 0.0389. The second-order valence-corrected chi connectivity index (χ2v) is 13.5. The third-order valence-corrected chi connectivity index (χ3v) is 8.66. The van der Waals surface area contributed by atoms with Crippen molar-refractivity contribution in [2.75, 3.05) is 36.0 Å². The number of carbonyl (C=O) groups excluding carboxylic acids is 2. The molecule has 2 aromatic rings. The topological polar surface area (TPSA) is 130 Å². The van der Waals surface area contributed by atoms with E-state index in [0.717, 1.165) is 10.6 Å². The van der Waals surface area contributed by atoms with Crippen LogP contribution < -0.4 is 9.62 Å². The maximum absolute atomic E-state index is 12.9. The molecule has 1 aliphatic heterocycles. The van der Waals surface area contributed by atoms with E-state index in [9.17, 15) is 26.4 Å². The van der Waals surface area contributed by atoms with Gasteiger partial charge < -0.3 is 15.0 Å². The summed E-state index contributed by atoms with van der Waals surface area (Å²) in [7, 11) is -5.90. The molecule has 190 valence electrons. The van der Waals surface area contributed by atoms with Gasteiger partial charge in [-0.1, -0.05) is 12.1 Å². The molecule has 3 rings (SSSR count). The molecule has 12 heteroatoms. The minimum absolute atomic E-state index is 0.0420. The molecule has 1 heterocycles. The lowest BCUT2D eigenvalue weighted by Crippen LogP contribution is -2.57. The Morgan fingerprint density at radius 3 is 2.11 bits per heavy atom. The van der Waals surface area contributed by atoms with Gasteiger partial charge in [-0.25, -0.2) is 21.6 Å². The van der Waals surface area contributed by atoms with Crippen molar-refractivity contribution in [3.63, 3.8) is 0 Å². The van der Waals surface area contributed by atoms with E-state index in [2.05, 4.69) is 5.32 Å². The lowest BCUT2D eigenvalue weighted by atomic mass is 10.1. The van der Waals surface area contributed by atoms with Gasteiger partial charge in [0.25, 0.3) is 5.91 Å². The Balaban J connectivity index is 1.68. The number of benzene rings is 2. The largest absolute Gasteiger partial charge is 0.444 e. The molecule has 0 aliphatic carbocycles. The molecule has 0 atom stereocenters. The van der Waals surface area contributed by atoms with E-state index in [-0.39, 0.29) is 29.2 Å².